The molecule has 1 atom stereocenters. The van der Waals surface area contributed by atoms with Crippen molar-refractivity contribution < 1.29 is 4.79 Å². The number of pyridine rings is 1. The number of aromatic nitrogens is 1. The van der Waals surface area contributed by atoms with E-state index in [1.54, 1.807) is 0 Å². The molecule has 2 heterocycles. The van der Waals surface area contributed by atoms with Crippen molar-refractivity contribution >= 4 is 5.91 Å². The maximum atomic E-state index is 12.4. The van der Waals surface area contributed by atoms with Gasteiger partial charge in [-0.25, -0.2) is 0 Å². The molecule has 126 valence electrons. The molecule has 4 heteroatoms. The first kappa shape index (κ1) is 16.4. The fourth-order valence-electron chi connectivity index (χ4n) is 3.47. The lowest BCUT2D eigenvalue weighted by Crippen LogP contribution is -2.34. The van der Waals surface area contributed by atoms with Gasteiger partial charge in [0.25, 0.3) is 0 Å². The van der Waals surface area contributed by atoms with Crippen LogP contribution in [0.3, 0.4) is 0 Å². The van der Waals surface area contributed by atoms with Crippen LogP contribution in [0.2, 0.25) is 0 Å². The second-order valence-electron chi connectivity index (χ2n) is 7.09. The van der Waals surface area contributed by atoms with Crippen LogP contribution >= 0.6 is 0 Å². The fraction of sp³-hybridized carbons (Fsp3) is 0.684. The highest BCUT2D eigenvalue weighted by atomic mass is 16.1. The van der Waals surface area contributed by atoms with Crippen molar-refractivity contribution in [2.24, 2.45) is 5.92 Å². The molecule has 0 aromatic carbocycles. The van der Waals surface area contributed by atoms with Crippen LogP contribution in [0.25, 0.3) is 0 Å². The van der Waals surface area contributed by atoms with Crippen LogP contribution in [0.15, 0.2) is 18.2 Å². The fourth-order valence-corrected chi connectivity index (χ4v) is 3.47. The molecule has 1 aliphatic carbocycles. The molecule has 1 aromatic heterocycles. The van der Waals surface area contributed by atoms with Crippen molar-refractivity contribution in [1.82, 2.24) is 15.2 Å². The highest BCUT2D eigenvalue weighted by Crippen LogP contribution is 2.40. The smallest absolute Gasteiger partial charge is 0.221 e. The van der Waals surface area contributed by atoms with E-state index in [4.69, 9.17) is 0 Å². The number of hydrogen-bond acceptors (Lipinski definition) is 3. The maximum absolute atomic E-state index is 12.4. The molecule has 2 fully saturated rings. The van der Waals surface area contributed by atoms with E-state index in [0.29, 0.717) is 12.3 Å². The van der Waals surface area contributed by atoms with Gasteiger partial charge in [0.05, 0.1) is 11.7 Å². The van der Waals surface area contributed by atoms with Crippen LogP contribution in [0.1, 0.15) is 62.4 Å². The summed E-state index contributed by atoms with van der Waals surface area (Å²) < 4.78 is 0. The normalized spacial score (nSPS) is 20.7. The summed E-state index contributed by atoms with van der Waals surface area (Å²) in [5, 5.41) is 3.25. The highest BCUT2D eigenvalue weighted by molar-refractivity contribution is 5.76. The van der Waals surface area contributed by atoms with Crippen molar-refractivity contribution in [3.63, 3.8) is 0 Å². The first-order valence-electron chi connectivity index (χ1n) is 9.17. The van der Waals surface area contributed by atoms with Crippen LogP contribution < -0.4 is 5.32 Å². The van der Waals surface area contributed by atoms with Crippen LogP contribution in [-0.4, -0.2) is 35.4 Å². The lowest BCUT2D eigenvalue weighted by atomic mass is 10.1. The molecule has 23 heavy (non-hydrogen) atoms. The molecule has 1 aromatic rings. The van der Waals surface area contributed by atoms with Crippen LogP contribution in [-0.2, 0) is 4.79 Å². The first-order chi connectivity index (χ1) is 11.2. The molecule has 1 saturated heterocycles. The molecule has 3 rings (SSSR count). The van der Waals surface area contributed by atoms with Crippen molar-refractivity contribution in [2.75, 3.05) is 19.6 Å². The minimum absolute atomic E-state index is 0.103. The molecule has 1 saturated carbocycles. The van der Waals surface area contributed by atoms with Gasteiger partial charge in [-0.05, 0) is 63.7 Å². The third kappa shape index (κ3) is 5.03. The Morgan fingerprint density at radius 1 is 1.26 bits per heavy atom. The predicted molar refractivity (Wildman–Crippen MR) is 92.1 cm³/mol. The standard InChI is InChI=1S/C19H29N3O/c1-15-7-6-8-17(20-15)19(16-9-10-16)21-18(23)11-14-22-12-4-2-3-5-13-22/h6-8,16,19H,2-5,9-14H2,1H3,(H,21,23). The molecule has 0 bridgehead atoms. The Morgan fingerprint density at radius 2 is 2.00 bits per heavy atom. The summed E-state index contributed by atoms with van der Waals surface area (Å²) in [6.45, 7) is 5.20. The molecule has 1 amide bonds. The number of rotatable bonds is 6. The van der Waals surface area contributed by atoms with E-state index in [9.17, 15) is 4.79 Å². The second kappa shape index (κ2) is 7.91. The predicted octanol–water partition coefficient (Wildman–Crippen LogP) is 3.22. The van der Waals surface area contributed by atoms with Gasteiger partial charge in [-0.2, -0.15) is 0 Å². The number of carbonyl (C=O) groups excluding carboxylic acids is 1. The van der Waals surface area contributed by atoms with E-state index in [2.05, 4.69) is 15.2 Å². The summed E-state index contributed by atoms with van der Waals surface area (Å²) in [5.41, 5.74) is 2.04. The molecule has 1 unspecified atom stereocenters. The Bertz CT molecular complexity index is 519. The summed E-state index contributed by atoms with van der Waals surface area (Å²) in [7, 11) is 0. The van der Waals surface area contributed by atoms with Gasteiger partial charge in [0.2, 0.25) is 5.91 Å². The monoisotopic (exact) mass is 315 g/mol. The van der Waals surface area contributed by atoms with Crippen molar-refractivity contribution in [3.8, 4) is 0 Å². The van der Waals surface area contributed by atoms with Crippen LogP contribution in [0, 0.1) is 12.8 Å². The SMILES string of the molecule is Cc1cccc(C(NC(=O)CCN2CCCCCC2)C2CC2)n1. The van der Waals surface area contributed by atoms with E-state index in [1.807, 2.05) is 25.1 Å². The average molecular weight is 315 g/mol. The first-order valence-corrected chi connectivity index (χ1v) is 9.17. The Hall–Kier alpha value is -1.42. The zero-order chi connectivity index (χ0) is 16.1. The molecular weight excluding hydrogens is 286 g/mol. The van der Waals surface area contributed by atoms with E-state index < -0.39 is 0 Å². The Labute approximate surface area is 139 Å². The number of aryl methyl sites for hydroxylation is 1. The Kier molecular flexibility index (Phi) is 5.65. The summed E-state index contributed by atoms with van der Waals surface area (Å²) in [6.07, 6.45) is 8.24. The van der Waals surface area contributed by atoms with Gasteiger partial charge in [0.1, 0.15) is 0 Å². The maximum Gasteiger partial charge on any atom is 0.221 e. The van der Waals surface area contributed by atoms with Gasteiger partial charge in [0.15, 0.2) is 0 Å². The number of likely N-dealkylation sites (tertiary alicyclic amines) is 1. The van der Waals surface area contributed by atoms with Crippen LogP contribution in [0.4, 0.5) is 0 Å². The number of nitrogens with one attached hydrogen (secondary N) is 1. The summed E-state index contributed by atoms with van der Waals surface area (Å²) in [6, 6.07) is 6.20. The summed E-state index contributed by atoms with van der Waals surface area (Å²) in [5.74, 6) is 0.751. The van der Waals surface area contributed by atoms with Gasteiger partial charge < -0.3 is 10.2 Å². The van der Waals surface area contributed by atoms with E-state index in [-0.39, 0.29) is 11.9 Å². The third-order valence-electron chi connectivity index (χ3n) is 4.99. The van der Waals surface area contributed by atoms with E-state index >= 15 is 0 Å². The second-order valence-corrected chi connectivity index (χ2v) is 7.09. The molecule has 4 nitrogen and oxygen atoms in total. The van der Waals surface area contributed by atoms with Gasteiger partial charge in [-0.3, -0.25) is 9.78 Å². The quantitative estimate of drug-likeness (QED) is 0.876. The Morgan fingerprint density at radius 3 is 2.65 bits per heavy atom. The average Bonchev–Trinajstić information content (AvgIpc) is 3.37. The van der Waals surface area contributed by atoms with Gasteiger partial charge in [-0.1, -0.05) is 18.9 Å². The van der Waals surface area contributed by atoms with Crippen molar-refractivity contribution in [2.45, 2.75) is 57.9 Å². The summed E-state index contributed by atoms with van der Waals surface area (Å²) >= 11 is 0. The number of hydrogen-bond donors (Lipinski definition) is 1. The van der Waals surface area contributed by atoms with Gasteiger partial charge in [-0.15, -0.1) is 0 Å². The Balaban J connectivity index is 1.52. The minimum atomic E-state index is 0.103. The largest absolute Gasteiger partial charge is 0.347 e. The topological polar surface area (TPSA) is 45.2 Å². The number of carbonyl (C=O) groups is 1. The summed E-state index contributed by atoms with van der Waals surface area (Å²) in [4.78, 5) is 19.5. The molecular formula is C19H29N3O. The van der Waals surface area contributed by atoms with Crippen LogP contribution in [0.5, 0.6) is 0 Å². The molecule has 1 N–H and O–H groups in total. The lowest BCUT2D eigenvalue weighted by molar-refractivity contribution is -0.122. The van der Waals surface area contributed by atoms with Gasteiger partial charge in [0, 0.05) is 18.7 Å². The molecule has 0 spiro atoms. The third-order valence-corrected chi connectivity index (χ3v) is 4.99. The zero-order valence-corrected chi connectivity index (χ0v) is 14.3. The minimum Gasteiger partial charge on any atom is -0.347 e. The highest BCUT2D eigenvalue weighted by Gasteiger charge is 2.34. The van der Waals surface area contributed by atoms with Crippen molar-refractivity contribution in [1.29, 1.82) is 0 Å². The van der Waals surface area contributed by atoms with Gasteiger partial charge >= 0.3 is 0 Å². The number of amides is 1. The van der Waals surface area contributed by atoms with Crippen molar-refractivity contribution in [3.05, 3.63) is 29.6 Å². The molecule has 0 radical (unpaired) electrons. The zero-order valence-electron chi connectivity index (χ0n) is 14.3. The molecule has 2 aliphatic rings. The van der Waals surface area contributed by atoms with E-state index in [1.165, 1.54) is 38.5 Å². The molecule has 1 aliphatic heterocycles. The number of nitrogens with zero attached hydrogens (tertiary/aromatic N) is 2. The lowest BCUT2D eigenvalue weighted by Gasteiger charge is -2.21. The van der Waals surface area contributed by atoms with E-state index in [0.717, 1.165) is 31.0 Å².